The van der Waals surface area contributed by atoms with Crippen LogP contribution in [0.25, 0.3) is 11.0 Å². The first-order valence-electron chi connectivity index (χ1n) is 8.22. The maximum Gasteiger partial charge on any atom is 0.245 e. The lowest BCUT2D eigenvalue weighted by atomic mass is 10.0. The first-order chi connectivity index (χ1) is 12.5. The zero-order valence-corrected chi connectivity index (χ0v) is 16.1. The van der Waals surface area contributed by atoms with Crippen molar-refractivity contribution >= 4 is 32.8 Å². The van der Waals surface area contributed by atoms with E-state index in [1.54, 1.807) is 25.3 Å². The van der Waals surface area contributed by atoms with Gasteiger partial charge in [0.2, 0.25) is 10.0 Å². The highest BCUT2D eigenvalue weighted by Gasteiger charge is 2.38. The Labute approximate surface area is 155 Å². The van der Waals surface area contributed by atoms with Gasteiger partial charge in [0.15, 0.2) is 0 Å². The summed E-state index contributed by atoms with van der Waals surface area (Å²) >= 11 is 1.03. The number of fused-ring (bicyclic) bond motifs is 1. The summed E-state index contributed by atoms with van der Waals surface area (Å²) in [6.07, 6.45) is 1.82. The predicted octanol–water partition coefficient (Wildman–Crippen LogP) is 1.66. The van der Waals surface area contributed by atoms with Gasteiger partial charge in [0.05, 0.1) is 11.7 Å². The third-order valence-electron chi connectivity index (χ3n) is 4.64. The van der Waals surface area contributed by atoms with E-state index in [9.17, 15) is 8.42 Å². The van der Waals surface area contributed by atoms with E-state index < -0.39 is 10.0 Å². The minimum atomic E-state index is -3.55. The van der Waals surface area contributed by atoms with Crippen molar-refractivity contribution in [2.75, 3.05) is 20.2 Å². The topological polar surface area (TPSA) is 90.2 Å². The molecule has 10 heteroatoms. The SMILES string of the molecule is COCc1ncc(C)n1CC1CN(S(=O)(=O)c2cccc3nsnc23)C1. The second-order valence-corrected chi connectivity index (χ2v) is 8.87. The highest BCUT2D eigenvalue weighted by Crippen LogP contribution is 2.30. The molecule has 3 aromatic rings. The monoisotopic (exact) mass is 393 g/mol. The summed E-state index contributed by atoms with van der Waals surface area (Å²) in [6.45, 7) is 4.15. The molecule has 0 amide bonds. The minimum absolute atomic E-state index is 0.237. The summed E-state index contributed by atoms with van der Waals surface area (Å²) in [6, 6.07) is 5.08. The Bertz CT molecular complexity index is 1040. The number of aryl methyl sites for hydroxylation is 1. The fraction of sp³-hybridized carbons (Fsp3) is 0.438. The zero-order chi connectivity index (χ0) is 18.3. The number of hydrogen-bond donors (Lipinski definition) is 0. The van der Waals surface area contributed by atoms with Crippen LogP contribution in [0.15, 0.2) is 29.3 Å². The van der Waals surface area contributed by atoms with Crippen LogP contribution in [-0.4, -0.2) is 51.2 Å². The highest BCUT2D eigenvalue weighted by molar-refractivity contribution is 7.89. The van der Waals surface area contributed by atoms with E-state index in [-0.39, 0.29) is 10.8 Å². The van der Waals surface area contributed by atoms with Crippen LogP contribution in [0.4, 0.5) is 0 Å². The second kappa shape index (κ2) is 6.69. The summed E-state index contributed by atoms with van der Waals surface area (Å²) in [7, 11) is -1.91. The smallest absolute Gasteiger partial charge is 0.245 e. The van der Waals surface area contributed by atoms with E-state index in [1.165, 1.54) is 4.31 Å². The van der Waals surface area contributed by atoms with Crippen LogP contribution in [-0.2, 0) is 27.9 Å². The third-order valence-corrected chi connectivity index (χ3v) is 7.05. The van der Waals surface area contributed by atoms with Crippen LogP contribution in [0.5, 0.6) is 0 Å². The Morgan fingerprint density at radius 3 is 2.88 bits per heavy atom. The standard InChI is InChI=1S/C16H19N5O3S2/c1-11-6-17-15(10-24-2)21(11)9-12-7-20(8-12)26(22,23)14-5-3-4-13-16(14)19-25-18-13/h3-6,12H,7-10H2,1-2H3. The third kappa shape index (κ3) is 2.92. The van der Waals surface area contributed by atoms with Crippen molar-refractivity contribution in [1.29, 1.82) is 0 Å². The molecule has 0 saturated carbocycles. The molecule has 0 N–H and O–H groups in total. The predicted molar refractivity (Wildman–Crippen MR) is 97.3 cm³/mol. The van der Waals surface area contributed by atoms with Crippen LogP contribution in [0.2, 0.25) is 0 Å². The van der Waals surface area contributed by atoms with Crippen molar-refractivity contribution in [1.82, 2.24) is 22.6 Å². The molecule has 0 spiro atoms. The molecule has 0 radical (unpaired) electrons. The molecular weight excluding hydrogens is 374 g/mol. The molecule has 0 bridgehead atoms. The number of imidazole rings is 1. The number of nitrogens with zero attached hydrogens (tertiary/aromatic N) is 5. The normalized spacial score (nSPS) is 16.2. The molecule has 3 heterocycles. The molecule has 4 rings (SSSR count). The number of ether oxygens (including phenoxy) is 1. The number of methoxy groups -OCH3 is 1. The molecule has 1 fully saturated rings. The van der Waals surface area contributed by atoms with E-state index in [0.29, 0.717) is 30.7 Å². The fourth-order valence-electron chi connectivity index (χ4n) is 3.23. The summed E-state index contributed by atoms with van der Waals surface area (Å²) in [5.41, 5.74) is 2.12. The van der Waals surface area contributed by atoms with Crippen molar-refractivity contribution in [3.8, 4) is 0 Å². The Balaban J connectivity index is 1.49. The summed E-state index contributed by atoms with van der Waals surface area (Å²) < 4.78 is 42.9. The maximum atomic E-state index is 12.9. The Hall–Kier alpha value is -1.88. The van der Waals surface area contributed by atoms with Crippen LogP contribution in [0.3, 0.4) is 0 Å². The van der Waals surface area contributed by atoms with Gasteiger partial charge in [-0.15, -0.1) is 0 Å². The van der Waals surface area contributed by atoms with Gasteiger partial charge in [0, 0.05) is 44.6 Å². The number of benzene rings is 1. The lowest BCUT2D eigenvalue weighted by Crippen LogP contribution is -2.51. The average molecular weight is 393 g/mol. The van der Waals surface area contributed by atoms with E-state index in [2.05, 4.69) is 18.3 Å². The molecular formula is C16H19N5O3S2. The van der Waals surface area contributed by atoms with Gasteiger partial charge in [-0.3, -0.25) is 0 Å². The largest absolute Gasteiger partial charge is 0.377 e. The number of sulfonamides is 1. The number of rotatable bonds is 6. The summed E-state index contributed by atoms with van der Waals surface area (Å²) in [5, 5.41) is 0. The fourth-order valence-corrected chi connectivity index (χ4v) is 5.57. The van der Waals surface area contributed by atoms with Gasteiger partial charge in [-0.05, 0) is 19.1 Å². The molecule has 0 atom stereocenters. The van der Waals surface area contributed by atoms with Crippen LogP contribution < -0.4 is 0 Å². The van der Waals surface area contributed by atoms with Crippen molar-refractivity contribution in [2.24, 2.45) is 5.92 Å². The van der Waals surface area contributed by atoms with Crippen molar-refractivity contribution < 1.29 is 13.2 Å². The number of hydrogen-bond acceptors (Lipinski definition) is 7. The Morgan fingerprint density at radius 1 is 1.31 bits per heavy atom. The summed E-state index contributed by atoms with van der Waals surface area (Å²) in [4.78, 5) is 4.59. The van der Waals surface area contributed by atoms with Crippen LogP contribution in [0.1, 0.15) is 11.5 Å². The maximum absolute atomic E-state index is 12.9. The molecule has 26 heavy (non-hydrogen) atoms. The van der Waals surface area contributed by atoms with Crippen LogP contribution >= 0.6 is 11.7 Å². The highest BCUT2D eigenvalue weighted by atomic mass is 32.2. The quantitative estimate of drug-likeness (QED) is 0.633. The molecule has 138 valence electrons. The van der Waals surface area contributed by atoms with E-state index in [0.717, 1.165) is 29.8 Å². The molecule has 1 aliphatic rings. The first kappa shape index (κ1) is 17.5. The average Bonchev–Trinajstić information content (AvgIpc) is 3.18. The Morgan fingerprint density at radius 2 is 2.12 bits per heavy atom. The van der Waals surface area contributed by atoms with Crippen molar-refractivity contribution in [3.63, 3.8) is 0 Å². The van der Waals surface area contributed by atoms with Crippen molar-refractivity contribution in [2.45, 2.75) is 25.0 Å². The van der Waals surface area contributed by atoms with Gasteiger partial charge in [-0.2, -0.15) is 13.1 Å². The lowest BCUT2D eigenvalue weighted by molar-refractivity contribution is 0.157. The Kier molecular flexibility index (Phi) is 4.51. The van der Waals surface area contributed by atoms with Gasteiger partial charge >= 0.3 is 0 Å². The van der Waals surface area contributed by atoms with Gasteiger partial charge in [0.25, 0.3) is 0 Å². The summed E-state index contributed by atoms with van der Waals surface area (Å²) in [5.74, 6) is 1.12. The number of aromatic nitrogens is 4. The molecule has 8 nitrogen and oxygen atoms in total. The molecule has 1 aromatic carbocycles. The van der Waals surface area contributed by atoms with E-state index in [4.69, 9.17) is 4.74 Å². The zero-order valence-electron chi connectivity index (χ0n) is 14.5. The van der Waals surface area contributed by atoms with Crippen molar-refractivity contribution in [3.05, 3.63) is 35.9 Å². The molecule has 2 aromatic heterocycles. The first-order valence-corrected chi connectivity index (χ1v) is 10.4. The molecule has 1 aliphatic heterocycles. The minimum Gasteiger partial charge on any atom is -0.377 e. The molecule has 0 aliphatic carbocycles. The molecule has 0 unspecified atom stereocenters. The van der Waals surface area contributed by atoms with Gasteiger partial charge in [0.1, 0.15) is 28.4 Å². The van der Waals surface area contributed by atoms with Gasteiger partial charge in [-0.1, -0.05) is 6.07 Å². The lowest BCUT2D eigenvalue weighted by Gasteiger charge is -2.38. The van der Waals surface area contributed by atoms with Gasteiger partial charge < -0.3 is 9.30 Å². The second-order valence-electron chi connectivity index (χ2n) is 6.44. The molecule has 1 saturated heterocycles. The van der Waals surface area contributed by atoms with E-state index >= 15 is 0 Å². The van der Waals surface area contributed by atoms with Gasteiger partial charge in [-0.25, -0.2) is 13.4 Å². The van der Waals surface area contributed by atoms with E-state index in [1.807, 2.05) is 13.1 Å². The van der Waals surface area contributed by atoms with Crippen LogP contribution in [0, 0.1) is 12.8 Å².